The first-order chi connectivity index (χ1) is 11.6. The molecule has 0 amide bonds. The number of halogens is 1. The fraction of sp³-hybridized carbons (Fsp3) is 0.222. The minimum Gasteiger partial charge on any atom is -0.309 e. The van der Waals surface area contributed by atoms with Gasteiger partial charge in [-0.25, -0.2) is 4.98 Å². The molecule has 0 aliphatic heterocycles. The molecule has 0 atom stereocenters. The number of hydrogen-bond donors (Lipinski definition) is 0. The Balaban J connectivity index is 2.14. The number of para-hydroxylation sites is 1. The molecule has 124 valence electrons. The van der Waals surface area contributed by atoms with Crippen molar-refractivity contribution in [1.82, 2.24) is 14.5 Å². The Morgan fingerprint density at radius 3 is 2.54 bits per heavy atom. The van der Waals surface area contributed by atoms with E-state index in [0.717, 1.165) is 23.5 Å². The molecule has 0 radical (unpaired) electrons. The second-order valence-corrected chi connectivity index (χ2v) is 7.18. The second kappa shape index (κ2) is 7.38. The van der Waals surface area contributed by atoms with Crippen LogP contribution in [0.2, 0.25) is 5.02 Å². The zero-order valence-electron chi connectivity index (χ0n) is 13.6. The topological polar surface area (TPSA) is 38.1 Å². The highest BCUT2D eigenvalue weighted by molar-refractivity contribution is 7.99. The van der Waals surface area contributed by atoms with Crippen LogP contribution in [0.5, 0.6) is 0 Å². The molecule has 1 aromatic heterocycles. The predicted octanol–water partition coefficient (Wildman–Crippen LogP) is 3.69. The van der Waals surface area contributed by atoms with Crippen molar-refractivity contribution >= 4 is 34.3 Å². The van der Waals surface area contributed by atoms with Gasteiger partial charge in [0.05, 0.1) is 16.6 Å². The Bertz CT molecular complexity index is 906. The molecule has 1 heterocycles. The van der Waals surface area contributed by atoms with E-state index in [-0.39, 0.29) is 5.56 Å². The minimum absolute atomic E-state index is 0.0599. The van der Waals surface area contributed by atoms with Gasteiger partial charge in [-0.2, -0.15) is 0 Å². The zero-order chi connectivity index (χ0) is 17.1. The molecule has 0 N–H and O–H groups in total. The summed E-state index contributed by atoms with van der Waals surface area (Å²) in [6.07, 6.45) is 0. The van der Waals surface area contributed by atoms with Crippen molar-refractivity contribution in [3.8, 4) is 5.69 Å². The second-order valence-electron chi connectivity index (χ2n) is 5.68. The Hall–Kier alpha value is -1.82. The summed E-state index contributed by atoms with van der Waals surface area (Å²) >= 11 is 7.56. The monoisotopic (exact) mass is 359 g/mol. The van der Waals surface area contributed by atoms with Gasteiger partial charge >= 0.3 is 0 Å². The largest absolute Gasteiger partial charge is 0.309 e. The highest BCUT2D eigenvalue weighted by Gasteiger charge is 2.13. The molecule has 3 rings (SSSR count). The van der Waals surface area contributed by atoms with Gasteiger partial charge in [0, 0.05) is 17.3 Å². The molecule has 0 bridgehead atoms. The fourth-order valence-corrected chi connectivity index (χ4v) is 3.59. The Morgan fingerprint density at radius 1 is 1.12 bits per heavy atom. The minimum atomic E-state index is -0.0599. The Morgan fingerprint density at radius 2 is 1.83 bits per heavy atom. The molecular formula is C18H18ClN3OS. The van der Waals surface area contributed by atoms with E-state index in [1.807, 2.05) is 50.5 Å². The van der Waals surface area contributed by atoms with Crippen molar-refractivity contribution in [2.45, 2.75) is 5.16 Å². The van der Waals surface area contributed by atoms with Gasteiger partial charge in [-0.1, -0.05) is 35.5 Å². The van der Waals surface area contributed by atoms with Crippen LogP contribution >= 0.6 is 23.4 Å². The lowest BCUT2D eigenvalue weighted by atomic mass is 10.2. The average Bonchev–Trinajstić information content (AvgIpc) is 2.56. The van der Waals surface area contributed by atoms with Crippen molar-refractivity contribution in [2.24, 2.45) is 0 Å². The van der Waals surface area contributed by atoms with Crippen LogP contribution in [0.3, 0.4) is 0 Å². The average molecular weight is 360 g/mol. The first kappa shape index (κ1) is 17.0. The number of thioether (sulfide) groups is 1. The lowest BCUT2D eigenvalue weighted by molar-refractivity contribution is 0.437. The summed E-state index contributed by atoms with van der Waals surface area (Å²) in [6.45, 7) is 0.911. The fourth-order valence-electron chi connectivity index (χ4n) is 2.35. The summed E-state index contributed by atoms with van der Waals surface area (Å²) in [4.78, 5) is 19.8. The van der Waals surface area contributed by atoms with Crippen molar-refractivity contribution < 1.29 is 0 Å². The van der Waals surface area contributed by atoms with E-state index in [1.54, 1.807) is 28.5 Å². The van der Waals surface area contributed by atoms with Crippen molar-refractivity contribution in [2.75, 3.05) is 26.4 Å². The lowest BCUT2D eigenvalue weighted by Gasteiger charge is -2.14. The van der Waals surface area contributed by atoms with Crippen LogP contribution in [-0.2, 0) is 0 Å². The number of hydrogen-bond acceptors (Lipinski definition) is 4. The summed E-state index contributed by atoms with van der Waals surface area (Å²) in [7, 11) is 4.06. The molecule has 0 fully saturated rings. The standard InChI is InChI=1S/C18H18ClN3OS/c1-21(2)11-12-24-18-20-16-6-4-3-5-15(16)17(23)22(18)14-9-7-13(19)8-10-14/h3-10H,11-12H2,1-2H3. The molecule has 2 aromatic carbocycles. The van der Waals surface area contributed by atoms with E-state index in [4.69, 9.17) is 16.6 Å². The zero-order valence-corrected chi connectivity index (χ0v) is 15.1. The maximum Gasteiger partial charge on any atom is 0.266 e. The molecule has 0 saturated heterocycles. The molecule has 3 aromatic rings. The lowest BCUT2D eigenvalue weighted by Crippen LogP contribution is -2.22. The molecule has 4 nitrogen and oxygen atoms in total. The third-order valence-electron chi connectivity index (χ3n) is 3.60. The Labute approximate surface area is 150 Å². The van der Waals surface area contributed by atoms with Gasteiger partial charge in [0.1, 0.15) is 0 Å². The summed E-state index contributed by atoms with van der Waals surface area (Å²) in [5.74, 6) is 0.853. The first-order valence-corrected chi connectivity index (χ1v) is 8.98. The quantitative estimate of drug-likeness (QED) is 0.514. The molecule has 0 spiro atoms. The number of nitrogens with zero attached hydrogens (tertiary/aromatic N) is 3. The maximum atomic E-state index is 13.0. The van der Waals surface area contributed by atoms with E-state index in [0.29, 0.717) is 15.6 Å². The molecule has 24 heavy (non-hydrogen) atoms. The van der Waals surface area contributed by atoms with Gasteiger partial charge < -0.3 is 4.90 Å². The van der Waals surface area contributed by atoms with Crippen LogP contribution in [0.15, 0.2) is 58.5 Å². The van der Waals surface area contributed by atoms with Crippen LogP contribution in [0.4, 0.5) is 0 Å². The number of fused-ring (bicyclic) bond motifs is 1. The van der Waals surface area contributed by atoms with Gasteiger partial charge in [0.15, 0.2) is 5.16 Å². The number of rotatable bonds is 5. The van der Waals surface area contributed by atoms with E-state index in [1.165, 1.54) is 0 Å². The maximum absolute atomic E-state index is 13.0. The summed E-state index contributed by atoms with van der Waals surface area (Å²) in [6, 6.07) is 14.7. The Kier molecular flexibility index (Phi) is 5.23. The SMILES string of the molecule is CN(C)CCSc1nc2ccccc2c(=O)n1-c1ccc(Cl)cc1. The molecular weight excluding hydrogens is 342 g/mol. The highest BCUT2D eigenvalue weighted by Crippen LogP contribution is 2.22. The third-order valence-corrected chi connectivity index (χ3v) is 4.77. The van der Waals surface area contributed by atoms with Crippen LogP contribution in [0.25, 0.3) is 16.6 Å². The summed E-state index contributed by atoms with van der Waals surface area (Å²) in [5, 5.41) is 1.95. The third kappa shape index (κ3) is 3.64. The van der Waals surface area contributed by atoms with Gasteiger partial charge in [-0.3, -0.25) is 9.36 Å². The van der Waals surface area contributed by atoms with Crippen molar-refractivity contribution in [3.05, 3.63) is 63.9 Å². The van der Waals surface area contributed by atoms with Gasteiger partial charge in [0.25, 0.3) is 5.56 Å². The normalized spacial score (nSPS) is 11.3. The molecule has 0 unspecified atom stereocenters. The van der Waals surface area contributed by atoms with E-state index >= 15 is 0 Å². The van der Waals surface area contributed by atoms with Crippen molar-refractivity contribution in [3.63, 3.8) is 0 Å². The van der Waals surface area contributed by atoms with Gasteiger partial charge in [-0.15, -0.1) is 0 Å². The van der Waals surface area contributed by atoms with Gasteiger partial charge in [0.2, 0.25) is 0 Å². The summed E-state index contributed by atoms with van der Waals surface area (Å²) < 4.78 is 1.67. The number of benzene rings is 2. The van der Waals surface area contributed by atoms with E-state index in [9.17, 15) is 4.79 Å². The van der Waals surface area contributed by atoms with Crippen LogP contribution in [0.1, 0.15) is 0 Å². The van der Waals surface area contributed by atoms with Gasteiger partial charge in [-0.05, 0) is 50.5 Å². The molecule has 6 heteroatoms. The molecule has 0 saturated carbocycles. The first-order valence-electron chi connectivity index (χ1n) is 7.61. The van der Waals surface area contributed by atoms with E-state index in [2.05, 4.69) is 4.90 Å². The molecule has 0 aliphatic carbocycles. The summed E-state index contributed by atoms with van der Waals surface area (Å²) in [5.41, 5.74) is 1.44. The predicted molar refractivity (Wildman–Crippen MR) is 102 cm³/mol. The number of aromatic nitrogens is 2. The van der Waals surface area contributed by atoms with E-state index < -0.39 is 0 Å². The van der Waals surface area contributed by atoms with Crippen LogP contribution in [-0.4, -0.2) is 40.8 Å². The molecule has 0 aliphatic rings. The van der Waals surface area contributed by atoms with Crippen LogP contribution < -0.4 is 5.56 Å². The van der Waals surface area contributed by atoms with Crippen molar-refractivity contribution in [1.29, 1.82) is 0 Å². The van der Waals surface area contributed by atoms with Crippen LogP contribution in [0, 0.1) is 0 Å². The smallest absolute Gasteiger partial charge is 0.266 e. The highest BCUT2D eigenvalue weighted by atomic mass is 35.5.